The molecule has 0 aliphatic heterocycles. The van der Waals surface area contributed by atoms with E-state index in [1.54, 1.807) is 12.2 Å². The van der Waals surface area contributed by atoms with Gasteiger partial charge in [-0.05, 0) is 50.9 Å². The third kappa shape index (κ3) is 30.7. The highest BCUT2D eigenvalue weighted by Crippen LogP contribution is 2.14. The normalized spacial score (nSPS) is 14.6. The molecule has 44 heavy (non-hydrogen) atoms. The van der Waals surface area contributed by atoms with Crippen molar-refractivity contribution < 1.29 is 29.3 Å². The number of aliphatic hydroxyl groups excluding tert-OH is 2. The van der Waals surface area contributed by atoms with Crippen LogP contribution >= 0.6 is 0 Å². The third-order valence-electron chi connectivity index (χ3n) is 7.11. The second-order valence-corrected chi connectivity index (χ2v) is 11.3. The first-order valence-corrected chi connectivity index (χ1v) is 17.0. The van der Waals surface area contributed by atoms with E-state index in [0.717, 1.165) is 57.3 Å². The molecule has 0 aliphatic carbocycles. The number of rotatable bonds is 28. The minimum absolute atomic E-state index is 0.0291. The average Bonchev–Trinajstić information content (AvgIpc) is 3.02. The first kappa shape index (κ1) is 41.3. The molecule has 6 heteroatoms. The summed E-state index contributed by atoms with van der Waals surface area (Å²) in [6, 6.07) is 0. The number of esters is 2. The minimum atomic E-state index is -1.06. The van der Waals surface area contributed by atoms with Gasteiger partial charge >= 0.3 is 11.9 Å². The molecule has 0 heterocycles. The molecular weight excluding hydrogens is 552 g/mol. The molecule has 2 N–H and O–H groups in total. The fraction of sp³-hybridized carbons (Fsp3) is 0.632. The van der Waals surface area contributed by atoms with Crippen LogP contribution in [0.25, 0.3) is 0 Å². The zero-order valence-electron chi connectivity index (χ0n) is 27.9. The molecule has 250 valence electrons. The van der Waals surface area contributed by atoms with Crippen LogP contribution in [0.4, 0.5) is 0 Å². The maximum atomic E-state index is 11.9. The number of carbonyl (C=O) groups excluding carboxylic acids is 2. The van der Waals surface area contributed by atoms with E-state index in [1.807, 2.05) is 12.2 Å². The molecule has 6 nitrogen and oxygen atoms in total. The molecule has 0 radical (unpaired) electrons. The van der Waals surface area contributed by atoms with E-state index in [4.69, 9.17) is 9.47 Å². The second-order valence-electron chi connectivity index (χ2n) is 11.3. The molecule has 3 atom stereocenters. The van der Waals surface area contributed by atoms with Gasteiger partial charge in [0.15, 0.2) is 0 Å². The van der Waals surface area contributed by atoms with Crippen LogP contribution in [0.2, 0.25) is 0 Å². The van der Waals surface area contributed by atoms with E-state index >= 15 is 0 Å². The van der Waals surface area contributed by atoms with Gasteiger partial charge in [0.2, 0.25) is 0 Å². The van der Waals surface area contributed by atoms with Crippen LogP contribution in [0.15, 0.2) is 72.9 Å². The monoisotopic (exact) mass is 614 g/mol. The van der Waals surface area contributed by atoms with Gasteiger partial charge < -0.3 is 19.7 Å². The molecule has 0 fully saturated rings. The standard InChI is InChI=1S/C38H62O6/c1-4-6-7-8-9-10-11-12-13-14-15-16-17-18-22-25-28-35(39)30-31-38(42)44-33-36(40)32-43-37(41)29-26-23-20-19-21-24-27-34(3)5-2/h6-7,9-10,12-13,15-16,18,22,25,28,34-36,39-40H,4-5,8,11,14,17,19-21,23-24,26-27,29-33H2,1-3H3/b7-6-,10-9-,13-12-,16-15-,22-18-,28-25-/t34?,35?,36-/m0/s1. The Kier molecular flexibility index (Phi) is 29.8. The average molecular weight is 615 g/mol. The summed E-state index contributed by atoms with van der Waals surface area (Å²) >= 11 is 0. The Morgan fingerprint density at radius 2 is 1.11 bits per heavy atom. The predicted octanol–water partition coefficient (Wildman–Crippen LogP) is 9.05. The highest BCUT2D eigenvalue weighted by molar-refractivity contribution is 5.69. The van der Waals surface area contributed by atoms with Crippen molar-refractivity contribution >= 4 is 11.9 Å². The van der Waals surface area contributed by atoms with Crippen molar-refractivity contribution in [1.29, 1.82) is 0 Å². The number of aliphatic hydroxyl groups is 2. The molecule has 0 saturated carbocycles. The van der Waals surface area contributed by atoms with E-state index in [9.17, 15) is 19.8 Å². The quantitative estimate of drug-likeness (QED) is 0.0395. The van der Waals surface area contributed by atoms with Crippen LogP contribution in [0, 0.1) is 5.92 Å². The fourth-order valence-corrected chi connectivity index (χ4v) is 4.11. The van der Waals surface area contributed by atoms with Gasteiger partial charge in [-0.25, -0.2) is 0 Å². The van der Waals surface area contributed by atoms with Gasteiger partial charge in [-0.3, -0.25) is 9.59 Å². The lowest BCUT2D eigenvalue weighted by atomic mass is 10.00. The lowest BCUT2D eigenvalue weighted by Gasteiger charge is -2.12. The number of ether oxygens (including phenoxy) is 2. The van der Waals surface area contributed by atoms with Crippen LogP contribution in [-0.4, -0.2) is 47.6 Å². The summed E-state index contributed by atoms with van der Waals surface area (Å²) in [5.41, 5.74) is 0. The van der Waals surface area contributed by atoms with Crippen LogP contribution < -0.4 is 0 Å². The molecule has 0 amide bonds. The number of allylic oxidation sites excluding steroid dienone is 11. The molecular formula is C38H62O6. The van der Waals surface area contributed by atoms with Gasteiger partial charge in [0.25, 0.3) is 0 Å². The molecule has 0 spiro atoms. The van der Waals surface area contributed by atoms with Crippen molar-refractivity contribution in [3.05, 3.63) is 72.9 Å². The van der Waals surface area contributed by atoms with Crippen molar-refractivity contribution in [3.8, 4) is 0 Å². The van der Waals surface area contributed by atoms with Crippen LogP contribution in [0.3, 0.4) is 0 Å². The van der Waals surface area contributed by atoms with Crippen molar-refractivity contribution in [2.75, 3.05) is 13.2 Å². The first-order valence-electron chi connectivity index (χ1n) is 17.0. The van der Waals surface area contributed by atoms with Crippen LogP contribution in [-0.2, 0) is 19.1 Å². The van der Waals surface area contributed by atoms with Crippen LogP contribution in [0.1, 0.15) is 124 Å². The molecule has 0 rings (SSSR count). The highest BCUT2D eigenvalue weighted by Gasteiger charge is 2.13. The lowest BCUT2D eigenvalue weighted by Crippen LogP contribution is -2.25. The highest BCUT2D eigenvalue weighted by atomic mass is 16.6. The maximum Gasteiger partial charge on any atom is 0.305 e. The van der Waals surface area contributed by atoms with Crippen LogP contribution in [0.5, 0.6) is 0 Å². The molecule has 0 saturated heterocycles. The van der Waals surface area contributed by atoms with Crippen molar-refractivity contribution in [2.24, 2.45) is 5.92 Å². The van der Waals surface area contributed by atoms with E-state index in [1.165, 1.54) is 32.1 Å². The Morgan fingerprint density at radius 3 is 1.68 bits per heavy atom. The molecule has 0 aromatic rings. The van der Waals surface area contributed by atoms with Gasteiger partial charge in [-0.1, -0.05) is 139 Å². The number of hydrogen-bond acceptors (Lipinski definition) is 6. The maximum absolute atomic E-state index is 11.9. The fourth-order valence-electron chi connectivity index (χ4n) is 4.11. The minimum Gasteiger partial charge on any atom is -0.463 e. The van der Waals surface area contributed by atoms with Gasteiger partial charge in [-0.15, -0.1) is 0 Å². The summed E-state index contributed by atoms with van der Waals surface area (Å²) in [4.78, 5) is 23.8. The molecule has 0 aromatic heterocycles. The Hall–Kier alpha value is -2.70. The Labute approximate surface area is 268 Å². The van der Waals surface area contributed by atoms with Gasteiger partial charge in [0.1, 0.15) is 19.3 Å². The smallest absolute Gasteiger partial charge is 0.305 e. The van der Waals surface area contributed by atoms with Crippen molar-refractivity contribution in [3.63, 3.8) is 0 Å². The van der Waals surface area contributed by atoms with Crippen molar-refractivity contribution in [2.45, 2.75) is 136 Å². The van der Waals surface area contributed by atoms with E-state index in [0.29, 0.717) is 6.42 Å². The SMILES string of the molecule is CC/C=C\C/C=C\C/C=C\C/C=C\C/C=C\C=C/C(O)CCC(=O)OC[C@@H](O)COC(=O)CCCCCCCCC(C)CC. The summed E-state index contributed by atoms with van der Waals surface area (Å²) < 4.78 is 10.1. The third-order valence-corrected chi connectivity index (χ3v) is 7.11. The summed E-state index contributed by atoms with van der Waals surface area (Å²) in [5, 5.41) is 20.0. The number of carbonyl (C=O) groups is 2. The first-order chi connectivity index (χ1) is 21.4. The summed E-state index contributed by atoms with van der Waals surface area (Å²) in [5.74, 6) is -0.0402. The van der Waals surface area contributed by atoms with E-state index < -0.39 is 18.2 Å². The Morgan fingerprint density at radius 1 is 0.614 bits per heavy atom. The second kappa shape index (κ2) is 31.7. The number of hydrogen-bond donors (Lipinski definition) is 2. The van der Waals surface area contributed by atoms with Gasteiger partial charge in [0.05, 0.1) is 6.10 Å². The van der Waals surface area contributed by atoms with E-state index in [2.05, 4.69) is 69.4 Å². The summed E-state index contributed by atoms with van der Waals surface area (Å²) in [6.07, 6.45) is 37.2. The van der Waals surface area contributed by atoms with E-state index in [-0.39, 0.29) is 32.0 Å². The zero-order chi connectivity index (χ0) is 32.5. The predicted molar refractivity (Wildman–Crippen MR) is 183 cm³/mol. The Balaban J connectivity index is 3.78. The largest absolute Gasteiger partial charge is 0.463 e. The lowest BCUT2D eigenvalue weighted by molar-refractivity contribution is -0.152. The molecule has 0 aliphatic rings. The van der Waals surface area contributed by atoms with Crippen molar-refractivity contribution in [1.82, 2.24) is 0 Å². The topological polar surface area (TPSA) is 93.1 Å². The zero-order valence-corrected chi connectivity index (χ0v) is 27.9. The van der Waals surface area contributed by atoms with Gasteiger partial charge in [-0.2, -0.15) is 0 Å². The molecule has 0 bridgehead atoms. The number of unbranched alkanes of at least 4 members (excludes halogenated alkanes) is 5. The molecule has 0 aromatic carbocycles. The summed E-state index contributed by atoms with van der Waals surface area (Å²) in [7, 11) is 0. The molecule has 2 unspecified atom stereocenters. The van der Waals surface area contributed by atoms with Gasteiger partial charge in [0, 0.05) is 12.8 Å². The summed E-state index contributed by atoms with van der Waals surface area (Å²) in [6.45, 7) is 6.23. The Bertz CT molecular complexity index is 867.